The maximum atomic E-state index is 11.8. The van der Waals surface area contributed by atoms with Crippen LogP contribution in [-0.4, -0.2) is 29.6 Å². The van der Waals surface area contributed by atoms with Crippen molar-refractivity contribution < 1.29 is 18.7 Å². The third kappa shape index (κ3) is 5.07. The standard InChI is InChI=1S/C20H20N2O5/c23-18(21-12-10-15-6-2-1-3-7-15)14-26-19(24)11-13-22-16-8-4-5-9-17(16)27-20(22)25/h1-9H,10-14H2,(H,21,23). The van der Waals surface area contributed by atoms with Crippen molar-refractivity contribution in [2.24, 2.45) is 0 Å². The van der Waals surface area contributed by atoms with Crippen LogP contribution in [0.25, 0.3) is 11.1 Å². The van der Waals surface area contributed by atoms with Gasteiger partial charge in [0.25, 0.3) is 5.91 Å². The summed E-state index contributed by atoms with van der Waals surface area (Å²) in [5, 5.41) is 2.70. The molecule has 0 aliphatic rings. The fraction of sp³-hybridized carbons (Fsp3) is 0.250. The van der Waals surface area contributed by atoms with Crippen LogP contribution >= 0.6 is 0 Å². The molecule has 0 aliphatic carbocycles. The van der Waals surface area contributed by atoms with Gasteiger partial charge in [-0.25, -0.2) is 4.79 Å². The number of para-hydroxylation sites is 2. The number of aromatic nitrogens is 1. The summed E-state index contributed by atoms with van der Waals surface area (Å²) >= 11 is 0. The van der Waals surface area contributed by atoms with Crippen molar-refractivity contribution >= 4 is 23.0 Å². The monoisotopic (exact) mass is 368 g/mol. The first-order chi connectivity index (χ1) is 13.1. The second-order valence-corrected chi connectivity index (χ2v) is 5.98. The Morgan fingerprint density at radius 3 is 2.59 bits per heavy atom. The summed E-state index contributed by atoms with van der Waals surface area (Å²) in [7, 11) is 0. The zero-order chi connectivity index (χ0) is 19.1. The molecule has 3 rings (SSSR count). The SMILES string of the molecule is O=C(COC(=O)CCn1c(=O)oc2ccccc21)NCCc1ccccc1. The van der Waals surface area contributed by atoms with Crippen molar-refractivity contribution in [2.45, 2.75) is 19.4 Å². The topological polar surface area (TPSA) is 90.5 Å². The first kappa shape index (κ1) is 18.4. The van der Waals surface area contributed by atoms with E-state index in [1.807, 2.05) is 30.3 Å². The highest BCUT2D eigenvalue weighted by Crippen LogP contribution is 2.12. The second kappa shape index (κ2) is 8.84. The van der Waals surface area contributed by atoms with E-state index in [-0.39, 0.29) is 25.5 Å². The molecule has 0 bridgehead atoms. The average molecular weight is 368 g/mol. The number of carbonyl (C=O) groups excluding carboxylic acids is 2. The van der Waals surface area contributed by atoms with Gasteiger partial charge in [-0.3, -0.25) is 14.2 Å². The molecule has 0 spiro atoms. The molecule has 0 aliphatic heterocycles. The molecule has 2 aromatic carbocycles. The van der Waals surface area contributed by atoms with E-state index < -0.39 is 11.7 Å². The number of hydrogen-bond acceptors (Lipinski definition) is 5. The fourth-order valence-electron chi connectivity index (χ4n) is 2.69. The minimum absolute atomic E-state index is 0.0271. The molecular weight excluding hydrogens is 348 g/mol. The van der Waals surface area contributed by atoms with Gasteiger partial charge in [0, 0.05) is 13.1 Å². The van der Waals surface area contributed by atoms with E-state index in [0.29, 0.717) is 24.1 Å². The molecule has 7 nitrogen and oxygen atoms in total. The van der Waals surface area contributed by atoms with Crippen LogP contribution in [-0.2, 0) is 27.3 Å². The predicted octanol–water partition coefficient (Wildman–Crippen LogP) is 1.89. The third-order valence-corrected chi connectivity index (χ3v) is 4.06. The first-order valence-corrected chi connectivity index (χ1v) is 8.68. The van der Waals surface area contributed by atoms with Crippen molar-refractivity contribution in [3.05, 3.63) is 70.7 Å². The van der Waals surface area contributed by atoms with Crippen molar-refractivity contribution in [3.8, 4) is 0 Å². The average Bonchev–Trinajstić information content (AvgIpc) is 3.00. The highest BCUT2D eigenvalue weighted by molar-refractivity contribution is 5.80. The van der Waals surface area contributed by atoms with Gasteiger partial charge in [-0.15, -0.1) is 0 Å². The summed E-state index contributed by atoms with van der Waals surface area (Å²) in [4.78, 5) is 35.4. The molecule has 140 valence electrons. The van der Waals surface area contributed by atoms with E-state index in [2.05, 4.69) is 5.32 Å². The van der Waals surface area contributed by atoms with Gasteiger partial charge in [0.15, 0.2) is 12.2 Å². The lowest BCUT2D eigenvalue weighted by Gasteiger charge is -2.07. The normalized spacial score (nSPS) is 10.7. The largest absolute Gasteiger partial charge is 0.456 e. The Morgan fingerprint density at radius 1 is 1.04 bits per heavy atom. The molecule has 0 atom stereocenters. The van der Waals surface area contributed by atoms with Gasteiger partial charge in [0.1, 0.15) is 0 Å². The lowest BCUT2D eigenvalue weighted by atomic mass is 10.1. The van der Waals surface area contributed by atoms with Gasteiger partial charge in [-0.1, -0.05) is 42.5 Å². The first-order valence-electron chi connectivity index (χ1n) is 8.68. The number of nitrogens with one attached hydrogen (secondary N) is 1. The summed E-state index contributed by atoms with van der Waals surface area (Å²) < 4.78 is 11.4. The fourth-order valence-corrected chi connectivity index (χ4v) is 2.69. The highest BCUT2D eigenvalue weighted by Gasteiger charge is 2.12. The number of benzene rings is 2. The molecule has 0 saturated carbocycles. The Balaban J connectivity index is 1.39. The van der Waals surface area contributed by atoms with Crippen molar-refractivity contribution in [2.75, 3.05) is 13.2 Å². The maximum Gasteiger partial charge on any atom is 0.419 e. The van der Waals surface area contributed by atoms with Gasteiger partial charge in [-0.2, -0.15) is 0 Å². The van der Waals surface area contributed by atoms with E-state index in [4.69, 9.17) is 9.15 Å². The lowest BCUT2D eigenvalue weighted by Crippen LogP contribution is -2.30. The Hall–Kier alpha value is -3.35. The molecule has 1 amide bonds. The van der Waals surface area contributed by atoms with Crippen LogP contribution in [0.5, 0.6) is 0 Å². The van der Waals surface area contributed by atoms with E-state index in [0.717, 1.165) is 5.56 Å². The number of oxazole rings is 1. The van der Waals surface area contributed by atoms with Crippen LogP contribution in [0.1, 0.15) is 12.0 Å². The van der Waals surface area contributed by atoms with Crippen molar-refractivity contribution in [1.82, 2.24) is 9.88 Å². The van der Waals surface area contributed by atoms with E-state index in [1.165, 1.54) is 4.57 Å². The van der Waals surface area contributed by atoms with Crippen LogP contribution in [0, 0.1) is 0 Å². The van der Waals surface area contributed by atoms with Crippen LogP contribution in [0.2, 0.25) is 0 Å². The molecule has 27 heavy (non-hydrogen) atoms. The molecule has 1 N–H and O–H groups in total. The Kier molecular flexibility index (Phi) is 6.04. The summed E-state index contributed by atoms with van der Waals surface area (Å²) in [6.45, 7) is 0.260. The number of fused-ring (bicyclic) bond motifs is 1. The molecule has 3 aromatic rings. The number of aryl methyl sites for hydroxylation is 1. The van der Waals surface area contributed by atoms with Gasteiger partial charge >= 0.3 is 11.7 Å². The van der Waals surface area contributed by atoms with Gasteiger partial charge in [-0.05, 0) is 24.1 Å². The number of amides is 1. The molecule has 0 saturated heterocycles. The predicted molar refractivity (Wildman–Crippen MR) is 99.2 cm³/mol. The number of nitrogens with zero attached hydrogens (tertiary/aromatic N) is 1. The van der Waals surface area contributed by atoms with Gasteiger partial charge in [0.05, 0.1) is 11.9 Å². The number of carbonyl (C=O) groups is 2. The van der Waals surface area contributed by atoms with Gasteiger partial charge < -0.3 is 14.5 Å². The van der Waals surface area contributed by atoms with E-state index >= 15 is 0 Å². The van der Waals surface area contributed by atoms with Crippen LogP contribution in [0.15, 0.2) is 63.8 Å². The minimum Gasteiger partial charge on any atom is -0.456 e. The number of ether oxygens (including phenoxy) is 1. The molecule has 0 fully saturated rings. The number of rotatable bonds is 8. The third-order valence-electron chi connectivity index (χ3n) is 4.06. The Bertz CT molecular complexity index is 975. The van der Waals surface area contributed by atoms with Crippen molar-refractivity contribution in [3.63, 3.8) is 0 Å². The van der Waals surface area contributed by atoms with Crippen molar-refractivity contribution in [1.29, 1.82) is 0 Å². The lowest BCUT2D eigenvalue weighted by molar-refractivity contribution is -0.148. The number of esters is 1. The smallest absolute Gasteiger partial charge is 0.419 e. The zero-order valence-corrected chi connectivity index (χ0v) is 14.7. The summed E-state index contributed by atoms with van der Waals surface area (Å²) in [6, 6.07) is 16.7. The van der Waals surface area contributed by atoms with Gasteiger partial charge in [0.2, 0.25) is 0 Å². The summed E-state index contributed by atoms with van der Waals surface area (Å²) in [5.41, 5.74) is 2.20. The Morgan fingerprint density at radius 2 is 1.78 bits per heavy atom. The second-order valence-electron chi connectivity index (χ2n) is 5.98. The summed E-state index contributed by atoms with van der Waals surface area (Å²) in [6.07, 6.45) is 0.678. The quantitative estimate of drug-likeness (QED) is 0.613. The Labute approximate surface area is 155 Å². The molecule has 1 aromatic heterocycles. The van der Waals surface area contributed by atoms with E-state index in [9.17, 15) is 14.4 Å². The highest BCUT2D eigenvalue weighted by atomic mass is 16.5. The molecular formula is C20H20N2O5. The molecule has 7 heteroatoms. The summed E-state index contributed by atoms with van der Waals surface area (Å²) in [5.74, 6) is -1.43. The van der Waals surface area contributed by atoms with Crippen LogP contribution < -0.4 is 11.1 Å². The molecule has 1 heterocycles. The zero-order valence-electron chi connectivity index (χ0n) is 14.7. The van der Waals surface area contributed by atoms with Crippen LogP contribution in [0.3, 0.4) is 0 Å². The van der Waals surface area contributed by atoms with E-state index in [1.54, 1.807) is 24.3 Å². The molecule has 0 radical (unpaired) electrons. The number of hydrogen-bond donors (Lipinski definition) is 1. The maximum absolute atomic E-state index is 11.8. The van der Waals surface area contributed by atoms with Crippen LogP contribution in [0.4, 0.5) is 0 Å². The molecule has 0 unspecified atom stereocenters. The minimum atomic E-state index is -0.551.